The van der Waals surface area contributed by atoms with Crippen molar-refractivity contribution in [1.82, 2.24) is 14.5 Å². The minimum Gasteiger partial charge on any atom is -0.336 e. The number of halogens is 2. The molecule has 0 atom stereocenters. The summed E-state index contributed by atoms with van der Waals surface area (Å²) in [6.07, 6.45) is 6.70. The molecule has 2 saturated carbocycles. The van der Waals surface area contributed by atoms with E-state index < -0.39 is 10.0 Å². The van der Waals surface area contributed by atoms with Crippen LogP contribution in [0.25, 0.3) is 0 Å². The fraction of sp³-hybridized carbons (Fsp3) is 0.632. The van der Waals surface area contributed by atoms with Gasteiger partial charge in [0.2, 0.25) is 10.0 Å². The Kier molecular flexibility index (Phi) is 5.91. The molecule has 3 aliphatic rings. The van der Waals surface area contributed by atoms with Gasteiger partial charge >= 0.3 is 0 Å². The molecule has 2 aliphatic carbocycles. The molecule has 154 valence electrons. The van der Waals surface area contributed by atoms with Crippen LogP contribution in [0.15, 0.2) is 17.0 Å². The third-order valence-corrected chi connectivity index (χ3v) is 8.18. The number of rotatable bonds is 5. The Morgan fingerprint density at radius 2 is 1.61 bits per heavy atom. The van der Waals surface area contributed by atoms with Crippen molar-refractivity contribution in [1.29, 1.82) is 0 Å². The first-order chi connectivity index (χ1) is 13.3. The number of hydrogen-bond donors (Lipinski definition) is 1. The molecule has 1 N–H and O–H groups in total. The average molecular weight is 446 g/mol. The molecule has 0 unspecified atom stereocenters. The summed E-state index contributed by atoms with van der Waals surface area (Å²) in [6, 6.07) is 3.27. The number of nitrogens with one attached hydrogen (secondary N) is 1. The predicted octanol–water partition coefficient (Wildman–Crippen LogP) is 3.13. The van der Waals surface area contributed by atoms with E-state index in [1.807, 2.05) is 0 Å². The van der Waals surface area contributed by atoms with Crippen LogP contribution in [0.5, 0.6) is 0 Å². The van der Waals surface area contributed by atoms with Gasteiger partial charge in [0.15, 0.2) is 0 Å². The van der Waals surface area contributed by atoms with Crippen LogP contribution < -0.4 is 4.72 Å². The fourth-order valence-corrected chi connectivity index (χ4v) is 6.27. The molecule has 1 aromatic rings. The Morgan fingerprint density at radius 1 is 0.964 bits per heavy atom. The van der Waals surface area contributed by atoms with Gasteiger partial charge in [-0.15, -0.1) is 0 Å². The second-order valence-electron chi connectivity index (χ2n) is 7.92. The lowest BCUT2D eigenvalue weighted by atomic mass is 10.1. The summed E-state index contributed by atoms with van der Waals surface area (Å²) in [7, 11) is -3.77. The SMILES string of the molecule is O=C(c1cc(S(=O)(=O)NC2CC2)c(Cl)cc1Cl)N1CCN(C2CCCC2)CC1. The highest BCUT2D eigenvalue weighted by molar-refractivity contribution is 7.89. The van der Waals surface area contributed by atoms with Crippen LogP contribution in [0.3, 0.4) is 0 Å². The lowest BCUT2D eigenvalue weighted by Gasteiger charge is -2.38. The molecule has 6 nitrogen and oxygen atoms in total. The van der Waals surface area contributed by atoms with Crippen molar-refractivity contribution in [3.05, 3.63) is 27.7 Å². The molecule has 0 aromatic heterocycles. The van der Waals surface area contributed by atoms with Gasteiger partial charge in [-0.2, -0.15) is 0 Å². The van der Waals surface area contributed by atoms with Crippen LogP contribution in [-0.4, -0.2) is 62.4 Å². The van der Waals surface area contributed by atoms with E-state index in [0.29, 0.717) is 19.1 Å². The first kappa shape index (κ1) is 20.4. The van der Waals surface area contributed by atoms with Crippen molar-refractivity contribution in [2.75, 3.05) is 26.2 Å². The van der Waals surface area contributed by atoms with Gasteiger partial charge in [0, 0.05) is 38.3 Å². The molecule has 28 heavy (non-hydrogen) atoms. The molecule has 0 spiro atoms. The summed E-state index contributed by atoms with van der Waals surface area (Å²) >= 11 is 12.4. The second kappa shape index (κ2) is 8.11. The molecule has 0 radical (unpaired) electrons. The lowest BCUT2D eigenvalue weighted by Crippen LogP contribution is -2.51. The third kappa shape index (κ3) is 4.33. The quantitative estimate of drug-likeness (QED) is 0.755. The van der Waals surface area contributed by atoms with Gasteiger partial charge in [0.05, 0.1) is 15.6 Å². The summed E-state index contributed by atoms with van der Waals surface area (Å²) < 4.78 is 27.8. The van der Waals surface area contributed by atoms with Crippen molar-refractivity contribution >= 4 is 39.1 Å². The van der Waals surface area contributed by atoms with Crippen LogP contribution in [0, 0.1) is 0 Å². The highest BCUT2D eigenvalue weighted by Crippen LogP contribution is 2.32. The Hall–Kier alpha value is -0.860. The van der Waals surface area contributed by atoms with E-state index in [1.165, 1.54) is 37.8 Å². The number of sulfonamides is 1. The van der Waals surface area contributed by atoms with Gasteiger partial charge in [0.1, 0.15) is 4.90 Å². The molecule has 1 heterocycles. The molecular weight excluding hydrogens is 421 g/mol. The van der Waals surface area contributed by atoms with Crippen molar-refractivity contribution in [2.45, 2.75) is 55.5 Å². The highest BCUT2D eigenvalue weighted by atomic mass is 35.5. The summed E-state index contributed by atoms with van der Waals surface area (Å²) in [5.41, 5.74) is 0.191. The van der Waals surface area contributed by atoms with Crippen LogP contribution in [0.4, 0.5) is 0 Å². The number of benzene rings is 1. The number of piperazine rings is 1. The standard InChI is InChI=1S/C19H25Cl2N3O3S/c20-16-12-17(21)18(28(26,27)22-13-5-6-13)11-15(16)19(25)24-9-7-23(8-10-24)14-3-1-2-4-14/h11-14,22H,1-10H2. The van der Waals surface area contributed by atoms with Gasteiger partial charge in [-0.3, -0.25) is 9.69 Å². The summed E-state index contributed by atoms with van der Waals surface area (Å²) in [5.74, 6) is -0.240. The molecule has 1 saturated heterocycles. The van der Waals surface area contributed by atoms with Crippen LogP contribution in [-0.2, 0) is 10.0 Å². The predicted molar refractivity (Wildman–Crippen MR) is 110 cm³/mol. The number of hydrogen-bond acceptors (Lipinski definition) is 4. The summed E-state index contributed by atoms with van der Waals surface area (Å²) in [6.45, 7) is 2.93. The smallest absolute Gasteiger partial charge is 0.255 e. The minimum absolute atomic E-state index is 0.0285. The first-order valence-electron chi connectivity index (χ1n) is 9.90. The van der Waals surface area contributed by atoms with Crippen LogP contribution >= 0.6 is 23.2 Å². The van der Waals surface area contributed by atoms with E-state index in [2.05, 4.69) is 9.62 Å². The molecule has 0 bridgehead atoms. The summed E-state index contributed by atoms with van der Waals surface area (Å²) in [5, 5.41) is 0.208. The number of carbonyl (C=O) groups is 1. The van der Waals surface area contributed by atoms with Crippen molar-refractivity contribution in [3.8, 4) is 0 Å². The Morgan fingerprint density at radius 3 is 2.21 bits per heavy atom. The topological polar surface area (TPSA) is 69.7 Å². The van der Waals surface area contributed by atoms with E-state index in [9.17, 15) is 13.2 Å². The largest absolute Gasteiger partial charge is 0.336 e. The van der Waals surface area contributed by atoms with Gasteiger partial charge in [0.25, 0.3) is 5.91 Å². The maximum Gasteiger partial charge on any atom is 0.255 e. The van der Waals surface area contributed by atoms with Gasteiger partial charge < -0.3 is 4.90 Å². The number of amides is 1. The van der Waals surface area contributed by atoms with Gasteiger partial charge in [-0.1, -0.05) is 36.0 Å². The maximum absolute atomic E-state index is 13.0. The molecule has 3 fully saturated rings. The Balaban J connectivity index is 1.50. The van der Waals surface area contributed by atoms with E-state index in [4.69, 9.17) is 23.2 Å². The van der Waals surface area contributed by atoms with Crippen molar-refractivity contribution < 1.29 is 13.2 Å². The number of carbonyl (C=O) groups excluding carboxylic acids is 1. The monoisotopic (exact) mass is 445 g/mol. The van der Waals surface area contributed by atoms with Crippen molar-refractivity contribution in [2.24, 2.45) is 0 Å². The van der Waals surface area contributed by atoms with Gasteiger partial charge in [-0.25, -0.2) is 13.1 Å². The van der Waals surface area contributed by atoms with E-state index >= 15 is 0 Å². The van der Waals surface area contributed by atoms with Crippen LogP contribution in [0.1, 0.15) is 48.9 Å². The molecule has 1 amide bonds. The van der Waals surface area contributed by atoms with E-state index in [-0.39, 0.29) is 32.5 Å². The molecular formula is C19H25Cl2N3O3S. The zero-order valence-electron chi connectivity index (χ0n) is 15.7. The Labute approximate surface area is 176 Å². The van der Waals surface area contributed by atoms with E-state index in [0.717, 1.165) is 25.9 Å². The maximum atomic E-state index is 13.0. The third-order valence-electron chi connectivity index (χ3n) is 5.88. The molecule has 1 aliphatic heterocycles. The fourth-order valence-electron chi connectivity index (χ4n) is 4.11. The van der Waals surface area contributed by atoms with Crippen molar-refractivity contribution in [3.63, 3.8) is 0 Å². The molecule has 4 rings (SSSR count). The van der Waals surface area contributed by atoms with E-state index in [1.54, 1.807) is 4.90 Å². The second-order valence-corrected chi connectivity index (χ2v) is 10.4. The highest BCUT2D eigenvalue weighted by Gasteiger charge is 2.32. The normalized spacial score (nSPS) is 22.0. The van der Waals surface area contributed by atoms with Gasteiger partial charge in [-0.05, 0) is 37.8 Å². The zero-order valence-corrected chi connectivity index (χ0v) is 18.0. The lowest BCUT2D eigenvalue weighted by molar-refractivity contribution is 0.0573. The number of nitrogens with zero attached hydrogens (tertiary/aromatic N) is 2. The average Bonchev–Trinajstić information content (AvgIpc) is 3.29. The minimum atomic E-state index is -3.77. The summed E-state index contributed by atoms with van der Waals surface area (Å²) in [4.78, 5) is 17.2. The first-order valence-corrected chi connectivity index (χ1v) is 12.1. The zero-order chi connectivity index (χ0) is 19.9. The Bertz CT molecular complexity index is 859. The molecule has 1 aromatic carbocycles. The molecule has 9 heteroatoms. The van der Waals surface area contributed by atoms with Crippen LogP contribution in [0.2, 0.25) is 10.0 Å².